The van der Waals surface area contributed by atoms with Crippen LogP contribution in [0.5, 0.6) is 17.2 Å². The molecule has 40 heavy (non-hydrogen) atoms. The van der Waals surface area contributed by atoms with Gasteiger partial charge in [-0.25, -0.2) is 4.39 Å². The third-order valence-electron chi connectivity index (χ3n) is 5.75. The molecule has 0 aliphatic carbocycles. The van der Waals surface area contributed by atoms with Crippen molar-refractivity contribution in [2.45, 2.75) is 18.6 Å². The molecule has 0 radical (unpaired) electrons. The Hall–Kier alpha value is -4.58. The summed E-state index contributed by atoms with van der Waals surface area (Å²) in [5.74, 6) is 0.445. The third-order valence-corrected chi connectivity index (χ3v) is 6.68. The molecule has 0 saturated carbocycles. The van der Waals surface area contributed by atoms with E-state index in [2.05, 4.69) is 20.8 Å². The van der Waals surface area contributed by atoms with Crippen molar-refractivity contribution in [2.75, 3.05) is 32.4 Å². The zero-order valence-corrected chi connectivity index (χ0v) is 23.2. The van der Waals surface area contributed by atoms with E-state index < -0.39 is 11.7 Å². The number of ether oxygens (including phenoxy) is 3. The van der Waals surface area contributed by atoms with Crippen molar-refractivity contribution in [1.82, 2.24) is 20.1 Å². The maximum Gasteiger partial charge on any atom is 0.251 e. The van der Waals surface area contributed by atoms with Crippen LogP contribution in [0.2, 0.25) is 0 Å². The molecule has 2 amide bonds. The van der Waals surface area contributed by atoms with Crippen LogP contribution in [-0.4, -0.2) is 53.7 Å². The maximum absolute atomic E-state index is 13.7. The lowest BCUT2D eigenvalue weighted by Gasteiger charge is -2.14. The maximum atomic E-state index is 13.7. The highest BCUT2D eigenvalue weighted by atomic mass is 32.2. The van der Waals surface area contributed by atoms with Gasteiger partial charge < -0.3 is 24.8 Å². The lowest BCUT2D eigenvalue weighted by atomic mass is 10.1. The van der Waals surface area contributed by atoms with Gasteiger partial charge >= 0.3 is 0 Å². The topological polar surface area (TPSA) is 117 Å². The third kappa shape index (κ3) is 6.70. The van der Waals surface area contributed by atoms with Gasteiger partial charge in [0.1, 0.15) is 5.82 Å². The molecular formula is C28H28FN5O5S. The molecule has 0 bridgehead atoms. The Morgan fingerprint density at radius 3 is 2.27 bits per heavy atom. The lowest BCUT2D eigenvalue weighted by molar-refractivity contribution is -0.113. The van der Waals surface area contributed by atoms with Crippen molar-refractivity contribution >= 4 is 29.3 Å². The Labute approximate surface area is 234 Å². The number of aromatic nitrogens is 3. The van der Waals surface area contributed by atoms with E-state index in [1.54, 1.807) is 16.7 Å². The number of carbonyl (C=O) groups is 2. The minimum Gasteiger partial charge on any atom is -0.493 e. The predicted molar refractivity (Wildman–Crippen MR) is 149 cm³/mol. The summed E-state index contributed by atoms with van der Waals surface area (Å²) in [4.78, 5) is 25.6. The molecule has 3 aromatic carbocycles. The fourth-order valence-electron chi connectivity index (χ4n) is 3.88. The van der Waals surface area contributed by atoms with Crippen molar-refractivity contribution in [3.63, 3.8) is 0 Å². The molecule has 0 fully saturated rings. The smallest absolute Gasteiger partial charge is 0.251 e. The lowest BCUT2D eigenvalue weighted by Crippen LogP contribution is -2.25. The first-order chi connectivity index (χ1) is 19.3. The Morgan fingerprint density at radius 1 is 0.950 bits per heavy atom. The number of anilines is 1. The van der Waals surface area contributed by atoms with E-state index in [4.69, 9.17) is 14.2 Å². The Bertz CT molecular complexity index is 1480. The number of thioether (sulfide) groups is 1. The molecule has 0 aliphatic heterocycles. The highest BCUT2D eigenvalue weighted by molar-refractivity contribution is 7.99. The zero-order chi connectivity index (χ0) is 28.6. The molecule has 208 valence electrons. The predicted octanol–water partition coefficient (Wildman–Crippen LogP) is 4.40. The minimum absolute atomic E-state index is 0.00405. The van der Waals surface area contributed by atoms with Crippen molar-refractivity contribution in [3.8, 4) is 22.9 Å². The van der Waals surface area contributed by atoms with E-state index >= 15 is 0 Å². The summed E-state index contributed by atoms with van der Waals surface area (Å²) < 4.78 is 31.3. The van der Waals surface area contributed by atoms with E-state index in [9.17, 15) is 14.0 Å². The van der Waals surface area contributed by atoms with Gasteiger partial charge in [0.05, 0.1) is 33.6 Å². The summed E-state index contributed by atoms with van der Waals surface area (Å²) in [5, 5.41) is 14.5. The molecule has 0 unspecified atom stereocenters. The number of hydrogen-bond donors (Lipinski definition) is 2. The number of nitrogens with zero attached hydrogens (tertiary/aromatic N) is 3. The highest BCUT2D eigenvalue weighted by Gasteiger charge is 2.20. The van der Waals surface area contributed by atoms with E-state index in [1.807, 2.05) is 31.2 Å². The first-order valence-corrected chi connectivity index (χ1v) is 13.1. The molecule has 1 heterocycles. The molecule has 12 heteroatoms. The average molecular weight is 566 g/mol. The van der Waals surface area contributed by atoms with Crippen LogP contribution in [0.1, 0.15) is 21.7 Å². The highest BCUT2D eigenvalue weighted by Crippen LogP contribution is 2.38. The number of halogens is 1. The van der Waals surface area contributed by atoms with Gasteiger partial charge in [-0.3, -0.25) is 14.2 Å². The van der Waals surface area contributed by atoms with Crippen LogP contribution >= 0.6 is 11.8 Å². The second-order valence-electron chi connectivity index (χ2n) is 8.51. The van der Waals surface area contributed by atoms with Gasteiger partial charge in [0, 0.05) is 16.9 Å². The second kappa shape index (κ2) is 13.0. The van der Waals surface area contributed by atoms with Crippen LogP contribution in [-0.2, 0) is 11.3 Å². The van der Waals surface area contributed by atoms with Crippen molar-refractivity contribution < 1.29 is 28.2 Å². The van der Waals surface area contributed by atoms with E-state index in [1.165, 1.54) is 57.4 Å². The van der Waals surface area contributed by atoms with Crippen molar-refractivity contribution in [2.24, 2.45) is 0 Å². The SMILES string of the molecule is COc1cc(C(=O)NCc2nnc(SCC(=O)Nc3cccc(C)c3)n2-c2ccc(F)cc2)cc(OC)c1OC. The number of rotatable bonds is 11. The number of amides is 2. The van der Waals surface area contributed by atoms with E-state index in [0.717, 1.165) is 5.56 Å². The van der Waals surface area contributed by atoms with Gasteiger partial charge in [0.2, 0.25) is 11.7 Å². The number of benzene rings is 3. The molecule has 0 spiro atoms. The minimum atomic E-state index is -0.417. The number of methoxy groups -OCH3 is 3. The monoisotopic (exact) mass is 565 g/mol. The molecule has 0 aliphatic rings. The largest absolute Gasteiger partial charge is 0.493 e. The summed E-state index contributed by atoms with van der Waals surface area (Å²) >= 11 is 1.17. The van der Waals surface area contributed by atoms with Gasteiger partial charge in [-0.1, -0.05) is 23.9 Å². The second-order valence-corrected chi connectivity index (χ2v) is 9.46. The summed E-state index contributed by atoms with van der Waals surface area (Å²) in [7, 11) is 4.40. The molecule has 0 atom stereocenters. The van der Waals surface area contributed by atoms with Crippen LogP contribution in [0.25, 0.3) is 5.69 Å². The van der Waals surface area contributed by atoms with Crippen LogP contribution in [0, 0.1) is 12.7 Å². The molecular weight excluding hydrogens is 537 g/mol. The summed E-state index contributed by atoms with van der Waals surface area (Å²) in [6.07, 6.45) is 0. The summed E-state index contributed by atoms with van der Waals surface area (Å²) in [6.45, 7) is 1.94. The fourth-order valence-corrected chi connectivity index (χ4v) is 4.65. The molecule has 2 N–H and O–H groups in total. The summed E-state index contributed by atoms with van der Waals surface area (Å²) in [6, 6.07) is 16.3. The van der Waals surface area contributed by atoms with Crippen LogP contribution in [0.3, 0.4) is 0 Å². The summed E-state index contributed by atoms with van der Waals surface area (Å²) in [5.41, 5.74) is 2.58. The van der Waals surface area contributed by atoms with E-state index in [0.29, 0.717) is 39.6 Å². The van der Waals surface area contributed by atoms with Gasteiger partial charge in [0.25, 0.3) is 5.91 Å². The van der Waals surface area contributed by atoms with Gasteiger partial charge in [0.15, 0.2) is 22.5 Å². The van der Waals surface area contributed by atoms with Crippen LogP contribution in [0.15, 0.2) is 65.8 Å². The fraction of sp³-hybridized carbons (Fsp3) is 0.214. The zero-order valence-electron chi connectivity index (χ0n) is 22.4. The van der Waals surface area contributed by atoms with Crippen LogP contribution in [0.4, 0.5) is 10.1 Å². The normalized spacial score (nSPS) is 10.6. The Morgan fingerprint density at radius 2 is 1.65 bits per heavy atom. The standard InChI is InChI=1S/C28H28FN5O5S/c1-17-6-5-7-20(12-17)31-25(35)16-40-28-33-32-24(34(28)21-10-8-19(29)9-11-21)15-30-27(36)18-13-22(37-2)26(39-4)23(14-18)38-3/h5-14H,15-16H2,1-4H3,(H,30,36)(H,31,35). The Kier molecular flexibility index (Phi) is 9.23. The quantitative estimate of drug-likeness (QED) is 0.257. The number of nitrogens with one attached hydrogen (secondary N) is 2. The number of aryl methyl sites for hydroxylation is 1. The Balaban J connectivity index is 1.53. The molecule has 1 aromatic heterocycles. The van der Waals surface area contributed by atoms with E-state index in [-0.39, 0.29) is 23.8 Å². The average Bonchev–Trinajstić information content (AvgIpc) is 3.37. The van der Waals surface area contributed by atoms with Crippen molar-refractivity contribution in [3.05, 3.63) is 83.4 Å². The van der Waals surface area contributed by atoms with Gasteiger partial charge in [-0.2, -0.15) is 0 Å². The molecule has 10 nitrogen and oxygen atoms in total. The van der Waals surface area contributed by atoms with Gasteiger partial charge in [-0.15, -0.1) is 10.2 Å². The van der Waals surface area contributed by atoms with Crippen LogP contribution < -0.4 is 24.8 Å². The van der Waals surface area contributed by atoms with Gasteiger partial charge in [-0.05, 0) is 61.0 Å². The number of carbonyl (C=O) groups excluding carboxylic acids is 2. The number of hydrogen-bond acceptors (Lipinski definition) is 8. The molecule has 4 rings (SSSR count). The first-order valence-electron chi connectivity index (χ1n) is 12.1. The molecule has 4 aromatic rings. The van der Waals surface area contributed by atoms with Crippen molar-refractivity contribution in [1.29, 1.82) is 0 Å². The first kappa shape index (κ1) is 28.4. The molecule has 0 saturated heterocycles.